The Hall–Kier alpha value is -1.22. The Kier molecular flexibility index (Phi) is 7.26. The maximum Gasteiger partial charge on any atom is 0.142 e. The van der Waals surface area contributed by atoms with Crippen LogP contribution >= 0.6 is 0 Å². The molecule has 0 radical (unpaired) electrons. The highest BCUT2D eigenvalue weighted by Gasteiger charge is 2.03. The van der Waals surface area contributed by atoms with E-state index in [0.29, 0.717) is 0 Å². The number of hydrogen-bond acceptors (Lipinski definition) is 3. The molecule has 1 aromatic rings. The van der Waals surface area contributed by atoms with Gasteiger partial charge in [0.1, 0.15) is 5.75 Å². The molecule has 18 heavy (non-hydrogen) atoms. The number of anilines is 1. The number of nitrogens with two attached hydrogens (primary N) is 1. The number of benzene rings is 1. The summed E-state index contributed by atoms with van der Waals surface area (Å²) in [6, 6.07) is 8.11. The van der Waals surface area contributed by atoms with Crippen molar-refractivity contribution in [1.29, 1.82) is 0 Å². The summed E-state index contributed by atoms with van der Waals surface area (Å²) in [6.45, 7) is 5.88. The zero-order chi connectivity index (χ0) is 13.2. The zero-order valence-corrected chi connectivity index (χ0v) is 11.6. The van der Waals surface area contributed by atoms with Crippen molar-refractivity contribution in [3.05, 3.63) is 24.3 Å². The summed E-state index contributed by atoms with van der Waals surface area (Å²) in [4.78, 5) is 0. The lowest BCUT2D eigenvalue weighted by Gasteiger charge is -2.15. The van der Waals surface area contributed by atoms with Crippen LogP contribution < -0.4 is 15.8 Å². The predicted molar refractivity (Wildman–Crippen MR) is 78.2 cm³/mol. The van der Waals surface area contributed by atoms with Gasteiger partial charge in [-0.1, -0.05) is 25.0 Å². The fourth-order valence-corrected chi connectivity index (χ4v) is 1.82. The lowest BCUT2D eigenvalue weighted by Crippen LogP contribution is -2.09. The minimum atomic E-state index is 0.206. The molecule has 0 heterocycles. The Bertz CT molecular complexity index is 326. The number of para-hydroxylation sites is 2. The average molecular weight is 250 g/mol. The van der Waals surface area contributed by atoms with Gasteiger partial charge in [0.2, 0.25) is 0 Å². The lowest BCUT2D eigenvalue weighted by atomic mass is 10.2. The van der Waals surface area contributed by atoms with Gasteiger partial charge in [-0.2, -0.15) is 0 Å². The Balaban J connectivity index is 2.32. The highest BCUT2D eigenvalue weighted by molar-refractivity contribution is 5.56. The van der Waals surface area contributed by atoms with Crippen molar-refractivity contribution in [3.63, 3.8) is 0 Å². The van der Waals surface area contributed by atoms with Crippen molar-refractivity contribution in [3.8, 4) is 5.75 Å². The fourth-order valence-electron chi connectivity index (χ4n) is 1.82. The van der Waals surface area contributed by atoms with Crippen LogP contribution in [0.2, 0.25) is 0 Å². The first kappa shape index (κ1) is 14.8. The molecular formula is C15H26N2O. The van der Waals surface area contributed by atoms with E-state index in [-0.39, 0.29) is 6.10 Å². The largest absolute Gasteiger partial charge is 0.489 e. The second kappa shape index (κ2) is 8.81. The SMILES string of the molecule is CC(C)Oc1ccccc1NCCCCCCN. The van der Waals surface area contributed by atoms with Crippen LogP contribution in [0.3, 0.4) is 0 Å². The molecule has 0 fully saturated rings. The van der Waals surface area contributed by atoms with Crippen molar-refractivity contribution in [2.24, 2.45) is 5.73 Å². The van der Waals surface area contributed by atoms with Gasteiger partial charge >= 0.3 is 0 Å². The van der Waals surface area contributed by atoms with Crippen molar-refractivity contribution < 1.29 is 4.74 Å². The number of unbranched alkanes of at least 4 members (excludes halogenated alkanes) is 3. The standard InChI is InChI=1S/C15H26N2O/c1-13(2)18-15-10-6-5-9-14(15)17-12-8-4-3-7-11-16/h5-6,9-10,13,17H,3-4,7-8,11-12,16H2,1-2H3. The van der Waals surface area contributed by atoms with Gasteiger partial charge in [-0.05, 0) is 45.4 Å². The van der Waals surface area contributed by atoms with E-state index in [9.17, 15) is 0 Å². The van der Waals surface area contributed by atoms with Crippen molar-refractivity contribution in [2.75, 3.05) is 18.4 Å². The molecule has 3 nitrogen and oxygen atoms in total. The quantitative estimate of drug-likeness (QED) is 0.660. The lowest BCUT2D eigenvalue weighted by molar-refractivity contribution is 0.243. The van der Waals surface area contributed by atoms with Gasteiger partial charge in [0, 0.05) is 6.54 Å². The van der Waals surface area contributed by atoms with E-state index in [0.717, 1.165) is 30.9 Å². The molecule has 0 atom stereocenters. The average Bonchev–Trinajstić information content (AvgIpc) is 2.35. The van der Waals surface area contributed by atoms with Crippen LogP contribution in [0.4, 0.5) is 5.69 Å². The summed E-state index contributed by atoms with van der Waals surface area (Å²) in [5.41, 5.74) is 6.56. The van der Waals surface area contributed by atoms with Gasteiger partial charge in [-0.15, -0.1) is 0 Å². The summed E-state index contributed by atoms with van der Waals surface area (Å²) < 4.78 is 5.76. The molecule has 0 aliphatic heterocycles. The Morgan fingerprint density at radius 3 is 2.56 bits per heavy atom. The first-order chi connectivity index (χ1) is 8.74. The second-order valence-electron chi connectivity index (χ2n) is 4.79. The van der Waals surface area contributed by atoms with Gasteiger partial charge in [-0.25, -0.2) is 0 Å². The summed E-state index contributed by atoms with van der Waals surface area (Å²) in [6.07, 6.45) is 4.97. The molecular weight excluding hydrogens is 224 g/mol. The first-order valence-corrected chi connectivity index (χ1v) is 6.93. The van der Waals surface area contributed by atoms with Gasteiger partial charge in [-0.3, -0.25) is 0 Å². The predicted octanol–water partition coefficient (Wildman–Crippen LogP) is 3.40. The first-order valence-electron chi connectivity index (χ1n) is 6.93. The van der Waals surface area contributed by atoms with Gasteiger partial charge in [0.05, 0.1) is 11.8 Å². The molecule has 0 aromatic heterocycles. The molecule has 3 N–H and O–H groups in total. The van der Waals surface area contributed by atoms with Crippen LogP contribution in [0.25, 0.3) is 0 Å². The highest BCUT2D eigenvalue weighted by atomic mass is 16.5. The smallest absolute Gasteiger partial charge is 0.142 e. The molecule has 0 aliphatic rings. The van der Waals surface area contributed by atoms with Crippen LogP contribution in [-0.2, 0) is 0 Å². The normalized spacial score (nSPS) is 10.7. The van der Waals surface area contributed by atoms with Crippen LogP contribution in [-0.4, -0.2) is 19.2 Å². The van der Waals surface area contributed by atoms with E-state index >= 15 is 0 Å². The third kappa shape index (κ3) is 5.92. The Morgan fingerprint density at radius 2 is 1.83 bits per heavy atom. The van der Waals surface area contributed by atoms with E-state index in [1.807, 2.05) is 32.0 Å². The monoisotopic (exact) mass is 250 g/mol. The number of ether oxygens (including phenoxy) is 1. The Morgan fingerprint density at radius 1 is 1.11 bits per heavy atom. The van der Waals surface area contributed by atoms with Crippen LogP contribution in [0, 0.1) is 0 Å². The minimum absolute atomic E-state index is 0.206. The molecule has 0 saturated heterocycles. The molecule has 1 aromatic carbocycles. The van der Waals surface area contributed by atoms with Crippen molar-refractivity contribution >= 4 is 5.69 Å². The zero-order valence-electron chi connectivity index (χ0n) is 11.6. The molecule has 1 rings (SSSR count). The second-order valence-corrected chi connectivity index (χ2v) is 4.79. The maximum absolute atomic E-state index is 5.76. The minimum Gasteiger partial charge on any atom is -0.489 e. The van der Waals surface area contributed by atoms with Crippen molar-refractivity contribution in [2.45, 2.75) is 45.6 Å². The number of rotatable bonds is 9. The van der Waals surface area contributed by atoms with E-state index in [4.69, 9.17) is 10.5 Å². The van der Waals surface area contributed by atoms with Crippen molar-refractivity contribution in [1.82, 2.24) is 0 Å². The van der Waals surface area contributed by atoms with E-state index in [2.05, 4.69) is 11.4 Å². The fraction of sp³-hybridized carbons (Fsp3) is 0.600. The molecule has 0 saturated carbocycles. The molecule has 0 spiro atoms. The highest BCUT2D eigenvalue weighted by Crippen LogP contribution is 2.24. The van der Waals surface area contributed by atoms with Crippen LogP contribution in [0.15, 0.2) is 24.3 Å². The van der Waals surface area contributed by atoms with Crippen LogP contribution in [0.1, 0.15) is 39.5 Å². The molecule has 0 bridgehead atoms. The molecule has 102 valence electrons. The number of hydrogen-bond donors (Lipinski definition) is 2. The topological polar surface area (TPSA) is 47.3 Å². The molecule has 0 amide bonds. The van der Waals surface area contributed by atoms with E-state index < -0.39 is 0 Å². The molecule has 0 unspecified atom stereocenters. The van der Waals surface area contributed by atoms with E-state index in [1.165, 1.54) is 19.3 Å². The molecule has 0 aliphatic carbocycles. The van der Waals surface area contributed by atoms with Gasteiger partial charge in [0.15, 0.2) is 0 Å². The maximum atomic E-state index is 5.76. The summed E-state index contributed by atoms with van der Waals surface area (Å²) in [5, 5.41) is 3.44. The summed E-state index contributed by atoms with van der Waals surface area (Å²) in [5.74, 6) is 0.939. The Labute approximate surface area is 111 Å². The van der Waals surface area contributed by atoms with E-state index in [1.54, 1.807) is 0 Å². The third-order valence-corrected chi connectivity index (χ3v) is 2.70. The van der Waals surface area contributed by atoms with Crippen LogP contribution in [0.5, 0.6) is 5.75 Å². The third-order valence-electron chi connectivity index (χ3n) is 2.70. The summed E-state index contributed by atoms with van der Waals surface area (Å²) in [7, 11) is 0. The summed E-state index contributed by atoms with van der Waals surface area (Å²) >= 11 is 0. The van der Waals surface area contributed by atoms with Gasteiger partial charge < -0.3 is 15.8 Å². The van der Waals surface area contributed by atoms with Gasteiger partial charge in [0.25, 0.3) is 0 Å². The molecule has 3 heteroatoms. The number of nitrogens with one attached hydrogen (secondary N) is 1.